The Bertz CT molecular complexity index is 145. The van der Waals surface area contributed by atoms with Gasteiger partial charge >= 0.3 is 91.5 Å². The van der Waals surface area contributed by atoms with Gasteiger partial charge in [-0.3, -0.25) is 0 Å². The van der Waals surface area contributed by atoms with Gasteiger partial charge in [-0.15, -0.1) is 0 Å². The van der Waals surface area contributed by atoms with Crippen molar-refractivity contribution in [3.8, 4) is 0 Å². The molecule has 0 aromatic carbocycles. The summed E-state index contributed by atoms with van der Waals surface area (Å²) in [7, 11) is 0. The van der Waals surface area contributed by atoms with Crippen molar-refractivity contribution in [2.75, 3.05) is 0 Å². The van der Waals surface area contributed by atoms with Gasteiger partial charge in [-0.05, 0) is 0 Å². The number of hydrogen-bond donors (Lipinski definition) is 0. The van der Waals surface area contributed by atoms with Crippen LogP contribution in [0.3, 0.4) is 0 Å². The van der Waals surface area contributed by atoms with Gasteiger partial charge in [0.1, 0.15) is 0 Å². The van der Waals surface area contributed by atoms with E-state index in [1.165, 1.54) is 0 Å². The summed E-state index contributed by atoms with van der Waals surface area (Å²) in [5, 5.41) is 0. The third-order valence-electron chi connectivity index (χ3n) is 1.47. The van der Waals surface area contributed by atoms with Crippen LogP contribution in [0.4, 0.5) is 0 Å². The third kappa shape index (κ3) is 3.80. The second-order valence-electron chi connectivity index (χ2n) is 4.51. The van der Waals surface area contributed by atoms with Crippen molar-refractivity contribution in [2.24, 2.45) is 0 Å². The van der Waals surface area contributed by atoms with Crippen LogP contribution in [-0.4, -0.2) is 57.6 Å². The first kappa shape index (κ1) is 12.3. The zero-order valence-electron chi connectivity index (χ0n) is 8.72. The van der Waals surface area contributed by atoms with Crippen LogP contribution in [0.25, 0.3) is 0 Å². The van der Waals surface area contributed by atoms with E-state index in [-0.39, 0.29) is 0 Å². The van der Waals surface area contributed by atoms with Crippen molar-refractivity contribution in [2.45, 2.75) is 29.6 Å². The number of hydrogen-bond acceptors (Lipinski definition) is 3. The fourth-order valence-corrected chi connectivity index (χ4v) is 98.8. The van der Waals surface area contributed by atoms with Gasteiger partial charge in [0.25, 0.3) is 0 Å². The van der Waals surface area contributed by atoms with E-state index < -0.39 is 57.6 Å². The minimum absolute atomic E-state index is 2.20. The summed E-state index contributed by atoms with van der Waals surface area (Å²) in [6.07, 6.45) is 0. The second-order valence-corrected chi connectivity index (χ2v) is 41.9. The molecule has 0 unspecified atom stereocenters. The van der Waals surface area contributed by atoms with Gasteiger partial charge in [-0.2, -0.15) is 0 Å². The Morgan fingerprint density at radius 1 is 0.500 bits per heavy atom. The molecular weight excluding hydrogens is 476 g/mol. The molecule has 1 aliphatic rings. The number of rotatable bonds is 0. The first-order chi connectivity index (χ1) is 5.12. The minimum atomic E-state index is -2.52. The summed E-state index contributed by atoms with van der Waals surface area (Å²) < 4.78 is 18.1. The van der Waals surface area contributed by atoms with E-state index in [2.05, 4.69) is 29.6 Å². The van der Waals surface area contributed by atoms with Crippen LogP contribution in [0.1, 0.15) is 0 Å². The van der Waals surface area contributed by atoms with E-state index >= 15 is 0 Å². The third-order valence-corrected chi connectivity index (χ3v) is 66.4. The first-order valence-corrected chi connectivity index (χ1v) is 28.3. The first-order valence-electron chi connectivity index (χ1n) is 4.22. The Kier molecular flexibility index (Phi) is 3.80. The molecule has 0 N–H and O–H groups in total. The quantitative estimate of drug-likeness (QED) is 0.484. The van der Waals surface area contributed by atoms with E-state index in [0.29, 0.717) is 0 Å². The van der Waals surface area contributed by atoms with Gasteiger partial charge in [0.2, 0.25) is 0 Å². The van der Waals surface area contributed by atoms with E-state index in [9.17, 15) is 0 Å². The molecule has 0 spiro atoms. The molecule has 72 valence electrons. The SMILES string of the molecule is [CH3][Sn]1([CH3])[O][Sn]([CH3])([CH3])[O][Sn]([CH3])([CH3])[O]1. The van der Waals surface area contributed by atoms with Crippen molar-refractivity contribution >= 4 is 57.6 Å². The van der Waals surface area contributed by atoms with Gasteiger partial charge in [-0.25, -0.2) is 0 Å². The Balaban J connectivity index is 2.81. The van der Waals surface area contributed by atoms with Crippen LogP contribution in [0.15, 0.2) is 0 Å². The van der Waals surface area contributed by atoms with Crippen LogP contribution >= 0.6 is 0 Å². The Hall–Kier alpha value is 2.28. The normalized spacial score (nSPS) is 31.5. The molecule has 3 nitrogen and oxygen atoms in total. The molecule has 0 radical (unpaired) electrons. The van der Waals surface area contributed by atoms with Gasteiger partial charge in [0, 0.05) is 0 Å². The molecule has 0 amide bonds. The van der Waals surface area contributed by atoms with Crippen molar-refractivity contribution < 1.29 is 4.23 Å². The van der Waals surface area contributed by atoms with Crippen LogP contribution in [0.2, 0.25) is 29.6 Å². The zero-order valence-corrected chi connectivity index (χ0v) is 17.3. The monoisotopic (exact) mass is 498 g/mol. The molecule has 0 atom stereocenters. The van der Waals surface area contributed by atoms with Gasteiger partial charge in [-0.1, -0.05) is 0 Å². The molecule has 0 aromatic heterocycles. The standard InChI is InChI=1S/6CH3.3O.3Sn/h6*1H3;;;;;;. The average molecular weight is 494 g/mol. The van der Waals surface area contributed by atoms with Crippen LogP contribution in [-0.2, 0) is 4.23 Å². The second kappa shape index (κ2) is 3.69. The maximum atomic E-state index is 6.02. The molecule has 1 fully saturated rings. The predicted molar refractivity (Wildman–Crippen MR) is 55.7 cm³/mol. The van der Waals surface area contributed by atoms with Crippen LogP contribution < -0.4 is 0 Å². The molecular formula is C6H18O3Sn3. The molecule has 6 heteroatoms. The molecule has 1 rings (SSSR count). The van der Waals surface area contributed by atoms with E-state index in [1.807, 2.05) is 0 Å². The Labute approximate surface area is 90.0 Å². The summed E-state index contributed by atoms with van der Waals surface area (Å²) in [6.45, 7) is 0. The Morgan fingerprint density at radius 2 is 0.667 bits per heavy atom. The Morgan fingerprint density at radius 3 is 0.833 bits per heavy atom. The topological polar surface area (TPSA) is 27.7 Å². The summed E-state index contributed by atoms with van der Waals surface area (Å²) >= 11 is -7.56. The van der Waals surface area contributed by atoms with Gasteiger partial charge in [0.15, 0.2) is 0 Å². The fourth-order valence-electron chi connectivity index (χ4n) is 1.84. The van der Waals surface area contributed by atoms with Crippen molar-refractivity contribution in [3.05, 3.63) is 0 Å². The summed E-state index contributed by atoms with van der Waals surface area (Å²) in [4.78, 5) is 13.2. The van der Waals surface area contributed by atoms with E-state index in [4.69, 9.17) is 4.23 Å². The molecule has 0 aliphatic carbocycles. The van der Waals surface area contributed by atoms with Crippen molar-refractivity contribution in [3.63, 3.8) is 0 Å². The van der Waals surface area contributed by atoms with E-state index in [1.54, 1.807) is 0 Å². The van der Waals surface area contributed by atoms with Crippen molar-refractivity contribution in [1.82, 2.24) is 0 Å². The average Bonchev–Trinajstić information content (AvgIpc) is 1.44. The summed E-state index contributed by atoms with van der Waals surface area (Å²) in [5.41, 5.74) is 0. The van der Waals surface area contributed by atoms with Crippen molar-refractivity contribution in [1.29, 1.82) is 0 Å². The van der Waals surface area contributed by atoms with E-state index in [0.717, 1.165) is 0 Å². The molecule has 12 heavy (non-hydrogen) atoms. The fraction of sp³-hybridized carbons (Fsp3) is 1.00. The van der Waals surface area contributed by atoms with Gasteiger partial charge < -0.3 is 0 Å². The van der Waals surface area contributed by atoms with Crippen LogP contribution in [0.5, 0.6) is 0 Å². The van der Waals surface area contributed by atoms with Gasteiger partial charge in [0.05, 0.1) is 0 Å². The molecule has 0 bridgehead atoms. The molecule has 1 saturated heterocycles. The molecule has 0 saturated carbocycles. The molecule has 0 aromatic rings. The zero-order chi connectivity index (χ0) is 9.62. The summed E-state index contributed by atoms with van der Waals surface area (Å²) in [6, 6.07) is 0. The van der Waals surface area contributed by atoms with Crippen LogP contribution in [0, 0.1) is 0 Å². The molecule has 1 aliphatic heterocycles. The summed E-state index contributed by atoms with van der Waals surface area (Å²) in [5.74, 6) is 0. The molecule has 1 heterocycles. The maximum absolute atomic E-state index is 6.02. The predicted octanol–water partition coefficient (Wildman–Crippen LogP) is 2.16.